The number of nitrogens with zero attached hydrogens (tertiary/aromatic N) is 3. The van der Waals surface area contributed by atoms with E-state index in [9.17, 15) is 14.7 Å². The molecule has 2 N–H and O–H groups in total. The van der Waals surface area contributed by atoms with Crippen molar-refractivity contribution in [3.8, 4) is 11.3 Å². The summed E-state index contributed by atoms with van der Waals surface area (Å²) in [5, 5.41) is 17.4. The van der Waals surface area contributed by atoms with Crippen molar-refractivity contribution in [2.75, 3.05) is 5.32 Å². The average Bonchev–Trinajstić information content (AvgIpc) is 3.13. The summed E-state index contributed by atoms with van der Waals surface area (Å²) in [4.78, 5) is 25.8. The van der Waals surface area contributed by atoms with Crippen molar-refractivity contribution in [1.29, 1.82) is 0 Å². The second-order valence-electron chi connectivity index (χ2n) is 7.70. The third kappa shape index (κ3) is 3.87. The van der Waals surface area contributed by atoms with Gasteiger partial charge in [0.25, 0.3) is 5.56 Å². The Morgan fingerprint density at radius 1 is 1.06 bits per heavy atom. The number of fused-ring (bicyclic) bond motifs is 1. The van der Waals surface area contributed by atoms with Gasteiger partial charge in [-0.1, -0.05) is 48.0 Å². The van der Waals surface area contributed by atoms with Gasteiger partial charge in [0.1, 0.15) is 12.1 Å². The highest BCUT2D eigenvalue weighted by molar-refractivity contribution is 5.92. The van der Waals surface area contributed by atoms with Gasteiger partial charge in [0, 0.05) is 29.2 Å². The van der Waals surface area contributed by atoms with Crippen LogP contribution in [0.25, 0.3) is 16.8 Å². The molecular formula is C24H24N4O3. The Kier molecular flexibility index (Phi) is 5.44. The van der Waals surface area contributed by atoms with Crippen molar-refractivity contribution in [3.63, 3.8) is 0 Å². The normalized spacial score (nSPS) is 11.1. The van der Waals surface area contributed by atoms with E-state index in [1.807, 2.05) is 63.2 Å². The van der Waals surface area contributed by atoms with Crippen LogP contribution >= 0.6 is 0 Å². The van der Waals surface area contributed by atoms with Gasteiger partial charge in [0.05, 0.1) is 12.3 Å². The van der Waals surface area contributed by atoms with Crippen LogP contribution in [0.1, 0.15) is 22.3 Å². The molecule has 0 spiro atoms. The largest absolute Gasteiger partial charge is 0.392 e. The molecule has 0 saturated heterocycles. The van der Waals surface area contributed by atoms with E-state index in [1.165, 1.54) is 15.3 Å². The summed E-state index contributed by atoms with van der Waals surface area (Å²) in [6.07, 6.45) is 3.16. The molecule has 158 valence electrons. The molecule has 0 aliphatic heterocycles. The number of amides is 1. The van der Waals surface area contributed by atoms with E-state index < -0.39 is 0 Å². The number of carbonyl (C=O) groups is 1. The molecule has 4 rings (SSSR count). The maximum absolute atomic E-state index is 13.1. The van der Waals surface area contributed by atoms with Crippen molar-refractivity contribution in [3.05, 3.63) is 87.5 Å². The molecule has 4 aromatic rings. The molecule has 7 heteroatoms. The SMILES string of the molecule is Cc1cc(C)c(NC(=O)Cn2ccn3nc(-c4ccccc4)c(CO)c3c2=O)c(C)c1. The van der Waals surface area contributed by atoms with Crippen molar-refractivity contribution in [2.45, 2.75) is 33.9 Å². The number of hydrogen-bond acceptors (Lipinski definition) is 4. The summed E-state index contributed by atoms with van der Waals surface area (Å²) in [6.45, 7) is 5.42. The maximum Gasteiger partial charge on any atom is 0.277 e. The van der Waals surface area contributed by atoms with Crippen LogP contribution in [-0.2, 0) is 17.9 Å². The van der Waals surface area contributed by atoms with Gasteiger partial charge in [-0.3, -0.25) is 9.59 Å². The summed E-state index contributed by atoms with van der Waals surface area (Å²) in [5.41, 5.74) is 5.51. The van der Waals surface area contributed by atoms with E-state index in [0.29, 0.717) is 11.3 Å². The zero-order chi connectivity index (χ0) is 22.1. The number of carbonyl (C=O) groups excluding carboxylic acids is 1. The molecule has 31 heavy (non-hydrogen) atoms. The summed E-state index contributed by atoms with van der Waals surface area (Å²) >= 11 is 0. The zero-order valence-corrected chi connectivity index (χ0v) is 17.7. The average molecular weight is 416 g/mol. The van der Waals surface area contributed by atoms with E-state index in [2.05, 4.69) is 10.4 Å². The number of nitrogens with one attached hydrogen (secondary N) is 1. The summed E-state index contributed by atoms with van der Waals surface area (Å²) < 4.78 is 2.79. The standard InChI is InChI=1S/C24H24N4O3/c1-15-11-16(2)21(17(3)12-15)25-20(30)13-27-9-10-28-23(24(27)31)19(14-29)22(26-28)18-7-5-4-6-8-18/h4-12,29H,13-14H2,1-3H3,(H,25,30). The molecule has 1 amide bonds. The lowest BCUT2D eigenvalue weighted by molar-refractivity contribution is -0.116. The third-order valence-corrected chi connectivity index (χ3v) is 5.32. The number of hydrogen-bond donors (Lipinski definition) is 2. The minimum Gasteiger partial charge on any atom is -0.392 e. The van der Waals surface area contributed by atoms with Crippen LogP contribution in [0.4, 0.5) is 5.69 Å². The Morgan fingerprint density at radius 3 is 2.39 bits per heavy atom. The van der Waals surface area contributed by atoms with Crippen LogP contribution in [0, 0.1) is 20.8 Å². The topological polar surface area (TPSA) is 88.6 Å². The van der Waals surface area contributed by atoms with E-state index in [0.717, 1.165) is 27.9 Å². The number of rotatable bonds is 5. The molecule has 0 aliphatic rings. The van der Waals surface area contributed by atoms with Crippen molar-refractivity contribution >= 4 is 17.1 Å². The van der Waals surface area contributed by atoms with Gasteiger partial charge in [-0.2, -0.15) is 5.10 Å². The van der Waals surface area contributed by atoms with Crippen LogP contribution in [0.2, 0.25) is 0 Å². The predicted octanol–water partition coefficient (Wildman–Crippen LogP) is 3.22. The van der Waals surface area contributed by atoms with Gasteiger partial charge in [0.15, 0.2) is 0 Å². The number of aliphatic hydroxyl groups excluding tert-OH is 1. The van der Waals surface area contributed by atoms with Crippen LogP contribution < -0.4 is 10.9 Å². The van der Waals surface area contributed by atoms with Gasteiger partial charge in [-0.05, 0) is 31.9 Å². The zero-order valence-electron chi connectivity index (χ0n) is 17.7. The maximum atomic E-state index is 13.1. The first-order chi connectivity index (χ1) is 14.9. The number of aromatic nitrogens is 3. The Morgan fingerprint density at radius 2 is 1.74 bits per heavy atom. The smallest absolute Gasteiger partial charge is 0.277 e. The third-order valence-electron chi connectivity index (χ3n) is 5.32. The highest BCUT2D eigenvalue weighted by Gasteiger charge is 2.18. The summed E-state index contributed by atoms with van der Waals surface area (Å²) in [6, 6.07) is 13.4. The van der Waals surface area contributed by atoms with Crippen molar-refractivity contribution in [2.24, 2.45) is 0 Å². The first-order valence-corrected chi connectivity index (χ1v) is 10.0. The fourth-order valence-electron chi connectivity index (χ4n) is 3.96. The van der Waals surface area contributed by atoms with Crippen molar-refractivity contribution in [1.82, 2.24) is 14.2 Å². The molecule has 0 aliphatic carbocycles. The molecule has 0 radical (unpaired) electrons. The number of benzene rings is 2. The minimum atomic E-state index is -0.381. The fraction of sp³-hybridized carbons (Fsp3) is 0.208. The number of aryl methyl sites for hydroxylation is 3. The highest BCUT2D eigenvalue weighted by atomic mass is 16.3. The van der Waals surface area contributed by atoms with Gasteiger partial charge >= 0.3 is 0 Å². The highest BCUT2D eigenvalue weighted by Crippen LogP contribution is 2.25. The molecule has 2 aromatic carbocycles. The summed E-state index contributed by atoms with van der Waals surface area (Å²) in [5.74, 6) is -0.296. The van der Waals surface area contributed by atoms with Gasteiger partial charge in [0.2, 0.25) is 5.91 Å². The Labute approximate surface area is 179 Å². The van der Waals surface area contributed by atoms with Crippen LogP contribution in [0.15, 0.2) is 59.7 Å². The number of aliphatic hydroxyl groups is 1. The Bertz CT molecular complexity index is 1310. The van der Waals surface area contributed by atoms with Crippen LogP contribution in [0.5, 0.6) is 0 Å². The van der Waals surface area contributed by atoms with Gasteiger partial charge < -0.3 is 15.0 Å². The van der Waals surface area contributed by atoms with Gasteiger partial charge in [-0.25, -0.2) is 4.52 Å². The summed E-state index contributed by atoms with van der Waals surface area (Å²) in [7, 11) is 0. The second kappa shape index (κ2) is 8.20. The van der Waals surface area contributed by atoms with Gasteiger partial charge in [-0.15, -0.1) is 0 Å². The monoisotopic (exact) mass is 416 g/mol. The fourth-order valence-corrected chi connectivity index (χ4v) is 3.96. The van der Waals surface area contributed by atoms with E-state index in [1.54, 1.807) is 6.20 Å². The second-order valence-corrected chi connectivity index (χ2v) is 7.70. The first-order valence-electron chi connectivity index (χ1n) is 10.0. The predicted molar refractivity (Wildman–Crippen MR) is 120 cm³/mol. The van der Waals surface area contributed by atoms with Crippen LogP contribution in [-0.4, -0.2) is 25.2 Å². The molecule has 0 unspecified atom stereocenters. The molecule has 0 atom stereocenters. The quantitative estimate of drug-likeness (QED) is 0.523. The first kappa shape index (κ1) is 20.6. The Hall–Kier alpha value is -3.71. The van der Waals surface area contributed by atoms with E-state index in [4.69, 9.17) is 0 Å². The molecule has 2 heterocycles. The van der Waals surface area contributed by atoms with E-state index in [-0.39, 0.29) is 30.1 Å². The lowest BCUT2D eigenvalue weighted by Gasteiger charge is -2.13. The minimum absolute atomic E-state index is 0.140. The molecule has 0 saturated carbocycles. The number of anilines is 1. The molecule has 0 fully saturated rings. The molecule has 0 bridgehead atoms. The lowest BCUT2D eigenvalue weighted by atomic mass is 10.1. The van der Waals surface area contributed by atoms with Crippen LogP contribution in [0.3, 0.4) is 0 Å². The molecule has 2 aromatic heterocycles. The van der Waals surface area contributed by atoms with Crippen molar-refractivity contribution < 1.29 is 9.90 Å². The lowest BCUT2D eigenvalue weighted by Crippen LogP contribution is -2.29. The molecular weight excluding hydrogens is 392 g/mol. The molecule has 7 nitrogen and oxygen atoms in total. The Balaban J connectivity index is 1.69. The van der Waals surface area contributed by atoms with E-state index >= 15 is 0 Å².